The van der Waals surface area contributed by atoms with Gasteiger partial charge in [0.15, 0.2) is 0 Å². The first-order valence-corrected chi connectivity index (χ1v) is 12.7. The lowest BCUT2D eigenvalue weighted by Gasteiger charge is -2.35. The second-order valence-corrected chi connectivity index (χ2v) is 9.97. The van der Waals surface area contributed by atoms with Gasteiger partial charge in [0.25, 0.3) is 5.91 Å². The maximum absolute atomic E-state index is 13.5. The zero-order chi connectivity index (χ0) is 25.1. The molecule has 1 unspecified atom stereocenters. The number of nitrogens with one attached hydrogen (secondary N) is 2. The van der Waals surface area contributed by atoms with Gasteiger partial charge in [0.2, 0.25) is 0 Å². The van der Waals surface area contributed by atoms with Gasteiger partial charge in [0.1, 0.15) is 28.8 Å². The molecule has 1 aliphatic heterocycles. The van der Waals surface area contributed by atoms with E-state index in [2.05, 4.69) is 31.6 Å². The Balaban J connectivity index is 1.24. The standard InChI is InChI=1S/C26H22ClFN6OS/c27-20-12-18(6-7-21(20)28)32-24-19-13-23(36-26(19)31-15-30-24)25(35)33-17-8-10-34(11-9-17)22(14-29)16-4-2-1-3-5-16/h1-7,12-13,15,17,22H,8-11H2,(H,33,35)(H,30,31,32). The van der Waals surface area contributed by atoms with Crippen molar-refractivity contribution >= 4 is 50.6 Å². The van der Waals surface area contributed by atoms with Crippen molar-refractivity contribution in [3.05, 3.63) is 82.2 Å². The number of hydrogen-bond acceptors (Lipinski definition) is 7. The number of halogens is 2. The first-order valence-electron chi connectivity index (χ1n) is 11.5. The minimum Gasteiger partial charge on any atom is -0.349 e. The Labute approximate surface area is 216 Å². The number of aromatic nitrogens is 2. The van der Waals surface area contributed by atoms with Gasteiger partial charge in [-0.2, -0.15) is 5.26 Å². The largest absolute Gasteiger partial charge is 0.349 e. The lowest BCUT2D eigenvalue weighted by molar-refractivity contribution is 0.0907. The summed E-state index contributed by atoms with van der Waals surface area (Å²) in [5.74, 6) is -0.152. The van der Waals surface area contributed by atoms with E-state index in [-0.39, 0.29) is 23.0 Å². The number of likely N-dealkylation sites (tertiary alicyclic amines) is 1. The van der Waals surface area contributed by atoms with Crippen LogP contribution in [-0.2, 0) is 0 Å². The zero-order valence-corrected chi connectivity index (χ0v) is 20.7. The van der Waals surface area contributed by atoms with E-state index in [0.717, 1.165) is 31.5 Å². The smallest absolute Gasteiger partial charge is 0.261 e. The summed E-state index contributed by atoms with van der Waals surface area (Å²) in [6, 6.07) is 18.0. The number of carbonyl (C=O) groups excluding carboxylic acids is 1. The van der Waals surface area contributed by atoms with E-state index in [1.165, 1.54) is 29.8 Å². The highest BCUT2D eigenvalue weighted by Gasteiger charge is 2.27. The number of piperidine rings is 1. The second kappa shape index (κ2) is 10.6. The molecule has 7 nitrogen and oxygen atoms in total. The summed E-state index contributed by atoms with van der Waals surface area (Å²) in [6.07, 6.45) is 2.95. The molecule has 1 fully saturated rings. The van der Waals surface area contributed by atoms with Crippen molar-refractivity contribution in [3.63, 3.8) is 0 Å². The predicted molar refractivity (Wildman–Crippen MR) is 139 cm³/mol. The van der Waals surface area contributed by atoms with E-state index in [4.69, 9.17) is 11.6 Å². The van der Waals surface area contributed by atoms with Gasteiger partial charge >= 0.3 is 0 Å². The van der Waals surface area contributed by atoms with Gasteiger partial charge in [-0.3, -0.25) is 9.69 Å². The second-order valence-electron chi connectivity index (χ2n) is 8.53. The van der Waals surface area contributed by atoms with Crippen molar-refractivity contribution in [1.29, 1.82) is 5.26 Å². The first kappa shape index (κ1) is 24.1. The van der Waals surface area contributed by atoms with Crippen LogP contribution in [0, 0.1) is 17.1 Å². The van der Waals surface area contributed by atoms with Crippen LogP contribution in [0.5, 0.6) is 0 Å². The summed E-state index contributed by atoms with van der Waals surface area (Å²) in [5, 5.41) is 16.7. The summed E-state index contributed by atoms with van der Waals surface area (Å²) in [5.41, 5.74) is 1.57. The molecule has 3 heterocycles. The average molecular weight is 521 g/mol. The molecule has 0 aliphatic carbocycles. The molecule has 1 atom stereocenters. The molecule has 36 heavy (non-hydrogen) atoms. The van der Waals surface area contributed by atoms with Crippen molar-refractivity contribution in [2.45, 2.75) is 24.9 Å². The lowest BCUT2D eigenvalue weighted by atomic mass is 10.00. The number of benzene rings is 2. The lowest BCUT2D eigenvalue weighted by Crippen LogP contribution is -2.45. The predicted octanol–water partition coefficient (Wildman–Crippen LogP) is 5.69. The summed E-state index contributed by atoms with van der Waals surface area (Å²) >= 11 is 7.17. The molecule has 2 aromatic heterocycles. The summed E-state index contributed by atoms with van der Waals surface area (Å²) < 4.78 is 13.5. The molecule has 0 bridgehead atoms. The minimum atomic E-state index is -0.501. The van der Waals surface area contributed by atoms with Gasteiger partial charge in [0.05, 0.1) is 21.4 Å². The molecule has 2 aromatic carbocycles. The van der Waals surface area contributed by atoms with Gasteiger partial charge in [-0.1, -0.05) is 41.9 Å². The third kappa shape index (κ3) is 5.16. The number of hydrogen-bond donors (Lipinski definition) is 2. The van der Waals surface area contributed by atoms with Crippen molar-refractivity contribution in [3.8, 4) is 6.07 Å². The van der Waals surface area contributed by atoms with Crippen LogP contribution in [0.1, 0.15) is 34.1 Å². The number of amides is 1. The Kier molecular flexibility index (Phi) is 7.09. The van der Waals surface area contributed by atoms with E-state index >= 15 is 0 Å². The Morgan fingerprint density at radius 3 is 2.67 bits per heavy atom. The molecule has 10 heteroatoms. The highest BCUT2D eigenvalue weighted by atomic mass is 35.5. The van der Waals surface area contributed by atoms with E-state index < -0.39 is 5.82 Å². The third-order valence-corrected chi connectivity index (χ3v) is 7.53. The average Bonchev–Trinajstić information content (AvgIpc) is 3.34. The van der Waals surface area contributed by atoms with Crippen LogP contribution < -0.4 is 10.6 Å². The topological polar surface area (TPSA) is 93.9 Å². The van der Waals surface area contributed by atoms with E-state index in [1.807, 2.05) is 30.3 Å². The fourth-order valence-electron chi connectivity index (χ4n) is 4.34. The Bertz CT molecular complexity index is 1430. The molecule has 1 amide bonds. The minimum absolute atomic E-state index is 0.00610. The highest BCUT2D eigenvalue weighted by Crippen LogP contribution is 2.31. The molecular weight excluding hydrogens is 499 g/mol. The Hall–Kier alpha value is -3.58. The summed E-state index contributed by atoms with van der Waals surface area (Å²) in [4.78, 5) is 25.0. The number of nitriles is 1. The quantitative estimate of drug-likeness (QED) is 0.339. The van der Waals surface area contributed by atoms with Crippen LogP contribution in [0.2, 0.25) is 5.02 Å². The van der Waals surface area contributed by atoms with E-state index in [9.17, 15) is 14.4 Å². The number of carbonyl (C=O) groups is 1. The van der Waals surface area contributed by atoms with Crippen LogP contribution in [0.15, 0.2) is 60.9 Å². The zero-order valence-electron chi connectivity index (χ0n) is 19.1. The molecule has 0 spiro atoms. The fourth-order valence-corrected chi connectivity index (χ4v) is 5.42. The number of fused-ring (bicyclic) bond motifs is 1. The van der Waals surface area contributed by atoms with Gasteiger partial charge in [-0.05, 0) is 42.7 Å². The van der Waals surface area contributed by atoms with Gasteiger partial charge in [-0.25, -0.2) is 14.4 Å². The number of anilines is 2. The molecule has 0 saturated carbocycles. The monoisotopic (exact) mass is 520 g/mol. The highest BCUT2D eigenvalue weighted by molar-refractivity contribution is 7.20. The molecular formula is C26H22ClFN6OS. The molecule has 5 rings (SSSR count). The van der Waals surface area contributed by atoms with Crippen molar-refractivity contribution in [2.24, 2.45) is 0 Å². The van der Waals surface area contributed by atoms with Crippen molar-refractivity contribution < 1.29 is 9.18 Å². The van der Waals surface area contributed by atoms with Gasteiger partial charge in [0, 0.05) is 24.8 Å². The molecule has 4 aromatic rings. The molecule has 0 radical (unpaired) electrons. The van der Waals surface area contributed by atoms with Gasteiger partial charge in [-0.15, -0.1) is 11.3 Å². The molecule has 2 N–H and O–H groups in total. The summed E-state index contributed by atoms with van der Waals surface area (Å²) in [7, 11) is 0. The van der Waals surface area contributed by atoms with Crippen LogP contribution in [-0.4, -0.2) is 39.9 Å². The maximum atomic E-state index is 13.5. The van der Waals surface area contributed by atoms with Gasteiger partial charge < -0.3 is 10.6 Å². The van der Waals surface area contributed by atoms with E-state index in [1.54, 1.807) is 12.1 Å². The van der Waals surface area contributed by atoms with Crippen molar-refractivity contribution in [2.75, 3.05) is 18.4 Å². The molecule has 1 saturated heterocycles. The van der Waals surface area contributed by atoms with Crippen LogP contribution >= 0.6 is 22.9 Å². The number of nitrogens with zero attached hydrogens (tertiary/aromatic N) is 4. The Morgan fingerprint density at radius 1 is 1.17 bits per heavy atom. The van der Waals surface area contributed by atoms with Crippen molar-refractivity contribution in [1.82, 2.24) is 20.2 Å². The van der Waals surface area contributed by atoms with Crippen LogP contribution in [0.4, 0.5) is 15.9 Å². The normalized spacial score (nSPS) is 15.4. The Morgan fingerprint density at radius 2 is 1.94 bits per heavy atom. The SMILES string of the molecule is N#CC(c1ccccc1)N1CCC(NC(=O)c2cc3c(Nc4ccc(F)c(Cl)c4)ncnc3s2)CC1. The van der Waals surface area contributed by atoms with Crippen LogP contribution in [0.3, 0.4) is 0 Å². The third-order valence-electron chi connectivity index (χ3n) is 6.20. The number of rotatable bonds is 6. The maximum Gasteiger partial charge on any atom is 0.261 e. The van der Waals surface area contributed by atoms with E-state index in [0.29, 0.717) is 26.6 Å². The summed E-state index contributed by atoms with van der Waals surface area (Å²) in [6.45, 7) is 1.45. The molecule has 1 aliphatic rings. The fraction of sp³-hybridized carbons (Fsp3) is 0.231. The molecule has 182 valence electrons. The first-order chi connectivity index (χ1) is 17.5. The van der Waals surface area contributed by atoms with Crippen LogP contribution in [0.25, 0.3) is 10.2 Å². The number of thiophene rings is 1.